The van der Waals surface area contributed by atoms with Crippen LogP contribution in [0.25, 0.3) is 0 Å². The van der Waals surface area contributed by atoms with Crippen LogP contribution in [0.2, 0.25) is 5.02 Å². The summed E-state index contributed by atoms with van der Waals surface area (Å²) >= 11 is 6.08. The Balaban J connectivity index is 1.62. The van der Waals surface area contributed by atoms with Gasteiger partial charge in [0.25, 0.3) is 5.91 Å². The van der Waals surface area contributed by atoms with Gasteiger partial charge in [-0.05, 0) is 30.7 Å². The number of hydrogen-bond donors (Lipinski definition) is 1. The smallest absolute Gasteiger partial charge is 0.277 e. The third kappa shape index (κ3) is 3.75. The Bertz CT molecular complexity index is 871. The van der Waals surface area contributed by atoms with E-state index < -0.39 is 0 Å². The molecule has 1 amide bonds. The molecule has 0 atom stereocenters. The lowest BCUT2D eigenvalue weighted by Crippen LogP contribution is -2.14. The SMILES string of the molecule is Cc1ccc(Cl)c(OCn2ccc(C(=O)Nc3ccn(C)n3)n2)c1. The van der Waals surface area contributed by atoms with Crippen molar-refractivity contribution in [3.05, 3.63) is 59.0 Å². The molecule has 2 aromatic heterocycles. The van der Waals surface area contributed by atoms with Crippen LogP contribution in [-0.2, 0) is 13.8 Å². The number of amides is 1. The molecule has 0 saturated carbocycles. The van der Waals surface area contributed by atoms with Crippen LogP contribution in [0, 0.1) is 6.92 Å². The van der Waals surface area contributed by atoms with E-state index in [1.807, 2.05) is 19.1 Å². The number of nitrogens with zero attached hydrogens (tertiary/aromatic N) is 4. The summed E-state index contributed by atoms with van der Waals surface area (Å²) in [7, 11) is 1.78. The van der Waals surface area contributed by atoms with Gasteiger partial charge in [-0.15, -0.1) is 0 Å². The number of halogens is 1. The van der Waals surface area contributed by atoms with Crippen LogP contribution in [0.5, 0.6) is 5.75 Å². The van der Waals surface area contributed by atoms with E-state index in [9.17, 15) is 4.79 Å². The summed E-state index contributed by atoms with van der Waals surface area (Å²) in [6.45, 7) is 2.11. The van der Waals surface area contributed by atoms with Crippen molar-refractivity contribution in [1.29, 1.82) is 0 Å². The predicted octanol–water partition coefficient (Wildman–Crippen LogP) is 2.87. The standard InChI is InChI=1S/C16H16ClN5O2/c1-11-3-4-12(17)14(9-11)24-10-22-8-5-13(19-22)16(23)18-15-6-7-21(2)20-15/h3-9H,10H2,1-2H3,(H,18,20,23). The maximum Gasteiger partial charge on any atom is 0.277 e. The van der Waals surface area contributed by atoms with E-state index in [2.05, 4.69) is 15.5 Å². The van der Waals surface area contributed by atoms with E-state index in [-0.39, 0.29) is 18.3 Å². The molecule has 0 saturated heterocycles. The summed E-state index contributed by atoms with van der Waals surface area (Å²) in [6.07, 6.45) is 3.41. The highest BCUT2D eigenvalue weighted by Gasteiger charge is 2.11. The van der Waals surface area contributed by atoms with Gasteiger partial charge in [-0.2, -0.15) is 10.2 Å². The van der Waals surface area contributed by atoms with Gasteiger partial charge in [-0.1, -0.05) is 17.7 Å². The number of aromatic nitrogens is 4. The molecular weight excluding hydrogens is 330 g/mol. The molecule has 3 rings (SSSR count). The minimum absolute atomic E-state index is 0.153. The second kappa shape index (κ2) is 6.76. The van der Waals surface area contributed by atoms with Gasteiger partial charge in [0, 0.05) is 25.5 Å². The van der Waals surface area contributed by atoms with Crippen molar-refractivity contribution in [3.63, 3.8) is 0 Å². The highest BCUT2D eigenvalue weighted by Crippen LogP contribution is 2.25. The van der Waals surface area contributed by atoms with Gasteiger partial charge >= 0.3 is 0 Å². The number of nitrogens with one attached hydrogen (secondary N) is 1. The number of anilines is 1. The molecule has 7 nitrogen and oxygen atoms in total. The zero-order valence-electron chi connectivity index (χ0n) is 13.2. The largest absolute Gasteiger partial charge is 0.470 e. The monoisotopic (exact) mass is 345 g/mol. The number of aryl methyl sites for hydroxylation is 2. The highest BCUT2D eigenvalue weighted by molar-refractivity contribution is 6.32. The average Bonchev–Trinajstić information content (AvgIpc) is 3.17. The Labute approximate surface area is 143 Å². The minimum atomic E-state index is -0.332. The van der Waals surface area contributed by atoms with Crippen LogP contribution in [-0.4, -0.2) is 25.5 Å². The summed E-state index contributed by atoms with van der Waals surface area (Å²) in [5.41, 5.74) is 1.32. The third-order valence-electron chi connectivity index (χ3n) is 3.27. The van der Waals surface area contributed by atoms with E-state index in [4.69, 9.17) is 16.3 Å². The van der Waals surface area contributed by atoms with Crippen molar-refractivity contribution in [1.82, 2.24) is 19.6 Å². The van der Waals surface area contributed by atoms with Crippen molar-refractivity contribution in [3.8, 4) is 5.75 Å². The van der Waals surface area contributed by atoms with Crippen molar-refractivity contribution >= 4 is 23.3 Å². The van der Waals surface area contributed by atoms with E-state index in [0.29, 0.717) is 16.6 Å². The molecule has 0 fully saturated rings. The first-order valence-electron chi connectivity index (χ1n) is 7.25. The molecule has 0 aliphatic carbocycles. The van der Waals surface area contributed by atoms with Crippen LogP contribution in [0.1, 0.15) is 16.1 Å². The molecule has 0 spiro atoms. The zero-order chi connectivity index (χ0) is 17.1. The highest BCUT2D eigenvalue weighted by atomic mass is 35.5. The van der Waals surface area contributed by atoms with Crippen molar-refractivity contribution < 1.29 is 9.53 Å². The van der Waals surface area contributed by atoms with E-state index in [1.54, 1.807) is 42.3 Å². The van der Waals surface area contributed by atoms with Gasteiger partial charge in [0.05, 0.1) is 5.02 Å². The number of carbonyl (C=O) groups excluding carboxylic acids is 1. The van der Waals surface area contributed by atoms with Gasteiger partial charge < -0.3 is 10.1 Å². The third-order valence-corrected chi connectivity index (χ3v) is 3.58. The van der Waals surface area contributed by atoms with Gasteiger partial charge in [0.2, 0.25) is 0 Å². The van der Waals surface area contributed by atoms with E-state index in [0.717, 1.165) is 5.56 Å². The Morgan fingerprint density at radius 3 is 2.83 bits per heavy atom. The van der Waals surface area contributed by atoms with Gasteiger partial charge in [-0.3, -0.25) is 9.48 Å². The first kappa shape index (κ1) is 16.1. The molecule has 0 radical (unpaired) electrons. The van der Waals surface area contributed by atoms with Crippen molar-refractivity contribution in [2.24, 2.45) is 7.05 Å². The number of carbonyl (C=O) groups is 1. The molecule has 0 aliphatic heterocycles. The molecule has 24 heavy (non-hydrogen) atoms. The summed E-state index contributed by atoms with van der Waals surface area (Å²) in [5, 5.41) is 11.5. The Hall–Kier alpha value is -2.80. The summed E-state index contributed by atoms with van der Waals surface area (Å²) < 4.78 is 8.76. The lowest BCUT2D eigenvalue weighted by Gasteiger charge is -2.08. The molecule has 3 aromatic rings. The molecule has 1 N–H and O–H groups in total. The topological polar surface area (TPSA) is 74.0 Å². The van der Waals surface area contributed by atoms with E-state index in [1.165, 1.54) is 4.68 Å². The molecule has 0 aliphatic rings. The second-order valence-electron chi connectivity index (χ2n) is 5.28. The molecule has 1 aromatic carbocycles. The average molecular weight is 346 g/mol. The fourth-order valence-corrected chi connectivity index (χ4v) is 2.25. The second-order valence-corrected chi connectivity index (χ2v) is 5.68. The molecule has 2 heterocycles. The fourth-order valence-electron chi connectivity index (χ4n) is 2.07. The molecule has 8 heteroatoms. The summed E-state index contributed by atoms with van der Waals surface area (Å²) in [4.78, 5) is 12.1. The maximum atomic E-state index is 12.1. The predicted molar refractivity (Wildman–Crippen MR) is 90.2 cm³/mol. The summed E-state index contributed by atoms with van der Waals surface area (Å²) in [5.74, 6) is 0.715. The maximum absolute atomic E-state index is 12.1. The first-order chi connectivity index (χ1) is 11.5. The van der Waals surface area contributed by atoms with Crippen LogP contribution >= 0.6 is 11.6 Å². The van der Waals surface area contributed by atoms with Gasteiger partial charge in [0.15, 0.2) is 18.2 Å². The van der Waals surface area contributed by atoms with Gasteiger partial charge in [0.1, 0.15) is 5.75 Å². The minimum Gasteiger partial charge on any atom is -0.470 e. The number of benzene rings is 1. The normalized spacial score (nSPS) is 10.6. The zero-order valence-corrected chi connectivity index (χ0v) is 14.0. The van der Waals surface area contributed by atoms with E-state index >= 15 is 0 Å². The molecule has 0 unspecified atom stereocenters. The number of ether oxygens (including phenoxy) is 1. The van der Waals surface area contributed by atoms with Crippen LogP contribution < -0.4 is 10.1 Å². The van der Waals surface area contributed by atoms with Crippen LogP contribution in [0.4, 0.5) is 5.82 Å². The Morgan fingerprint density at radius 1 is 1.25 bits per heavy atom. The Morgan fingerprint density at radius 2 is 2.08 bits per heavy atom. The van der Waals surface area contributed by atoms with Gasteiger partial charge in [-0.25, -0.2) is 4.68 Å². The number of hydrogen-bond acceptors (Lipinski definition) is 4. The lowest BCUT2D eigenvalue weighted by molar-refractivity contribution is 0.102. The molecule has 0 bridgehead atoms. The molecular formula is C16H16ClN5O2. The Kier molecular flexibility index (Phi) is 4.52. The summed E-state index contributed by atoms with van der Waals surface area (Å²) in [6, 6.07) is 8.85. The lowest BCUT2D eigenvalue weighted by atomic mass is 10.2. The molecule has 124 valence electrons. The number of rotatable bonds is 5. The first-order valence-corrected chi connectivity index (χ1v) is 7.62. The van der Waals surface area contributed by atoms with Crippen LogP contribution in [0.15, 0.2) is 42.7 Å². The fraction of sp³-hybridized carbons (Fsp3) is 0.188. The van der Waals surface area contributed by atoms with Crippen molar-refractivity contribution in [2.75, 3.05) is 5.32 Å². The van der Waals surface area contributed by atoms with Crippen LogP contribution in [0.3, 0.4) is 0 Å². The quantitative estimate of drug-likeness (QED) is 0.771. The van der Waals surface area contributed by atoms with Crippen molar-refractivity contribution in [2.45, 2.75) is 13.7 Å².